The van der Waals surface area contributed by atoms with E-state index >= 15 is 0 Å². The van der Waals surface area contributed by atoms with Gasteiger partial charge in [-0.1, -0.05) is 86.7 Å². The summed E-state index contributed by atoms with van der Waals surface area (Å²) < 4.78 is 0. The summed E-state index contributed by atoms with van der Waals surface area (Å²) in [6.07, 6.45) is 6.21. The Balaban J connectivity index is 2.46. The first kappa shape index (κ1) is 17.4. The predicted octanol–water partition coefficient (Wildman–Crippen LogP) is 5.26. The highest BCUT2D eigenvalue weighted by atomic mass is 31.1. The van der Waals surface area contributed by atoms with Gasteiger partial charge in [-0.15, -0.1) is 0 Å². The summed E-state index contributed by atoms with van der Waals surface area (Å²) in [5.74, 6) is 0.412. The third kappa shape index (κ3) is 4.74. The number of benzene rings is 2. The van der Waals surface area contributed by atoms with Gasteiger partial charge in [-0.2, -0.15) is 0 Å². The quantitative estimate of drug-likeness (QED) is 0.426. The average molecular weight is 321 g/mol. The smallest absolute Gasteiger partial charge is 0.0634 e. The second-order valence-electron chi connectivity index (χ2n) is 5.69. The third-order valence-electron chi connectivity index (χ3n) is 3.60. The summed E-state index contributed by atoms with van der Waals surface area (Å²) in [7, 11) is -0.807. The zero-order chi connectivity index (χ0) is 16.7. The molecule has 0 aliphatic heterocycles. The van der Waals surface area contributed by atoms with Crippen molar-refractivity contribution in [2.24, 2.45) is 5.92 Å². The summed E-state index contributed by atoms with van der Waals surface area (Å²) >= 11 is 0. The van der Waals surface area contributed by atoms with Crippen molar-refractivity contribution in [3.8, 4) is 0 Å². The van der Waals surface area contributed by atoms with Crippen molar-refractivity contribution in [3.05, 3.63) is 84.5 Å². The standard InChI is InChI=1S/C21H24NP/c1-4-11-18(17(2)3)16-21(22)23(19-12-7-5-8-13-19)20-14-9-6-10-15-20/h4-17,22H,1-3H3/b11-4-,18-16+,22-21?. The minimum atomic E-state index is -0.807. The molecule has 0 aliphatic carbocycles. The normalized spacial score (nSPS) is 12.3. The fourth-order valence-electron chi connectivity index (χ4n) is 2.40. The van der Waals surface area contributed by atoms with Gasteiger partial charge in [-0.3, -0.25) is 5.41 Å². The first-order valence-electron chi connectivity index (χ1n) is 7.96. The predicted molar refractivity (Wildman–Crippen MR) is 105 cm³/mol. The van der Waals surface area contributed by atoms with Crippen LogP contribution in [0.2, 0.25) is 0 Å². The van der Waals surface area contributed by atoms with Crippen LogP contribution in [-0.4, -0.2) is 5.45 Å². The van der Waals surface area contributed by atoms with Crippen LogP contribution in [0.4, 0.5) is 0 Å². The summed E-state index contributed by atoms with van der Waals surface area (Å²) in [4.78, 5) is 0. The molecule has 2 aromatic rings. The van der Waals surface area contributed by atoms with Crippen molar-refractivity contribution in [2.75, 3.05) is 0 Å². The number of allylic oxidation sites excluding steroid dienone is 4. The summed E-state index contributed by atoms with van der Waals surface area (Å²) in [6.45, 7) is 6.37. The van der Waals surface area contributed by atoms with Crippen LogP contribution in [-0.2, 0) is 0 Å². The Morgan fingerprint density at radius 2 is 1.39 bits per heavy atom. The molecule has 0 aromatic heterocycles. The van der Waals surface area contributed by atoms with Crippen LogP contribution in [0.3, 0.4) is 0 Å². The van der Waals surface area contributed by atoms with Crippen molar-refractivity contribution in [1.29, 1.82) is 5.41 Å². The van der Waals surface area contributed by atoms with Crippen LogP contribution >= 0.6 is 7.92 Å². The third-order valence-corrected chi connectivity index (χ3v) is 5.84. The van der Waals surface area contributed by atoms with E-state index in [4.69, 9.17) is 5.41 Å². The van der Waals surface area contributed by atoms with E-state index < -0.39 is 7.92 Å². The van der Waals surface area contributed by atoms with Crippen LogP contribution in [0.15, 0.2) is 84.5 Å². The summed E-state index contributed by atoms with van der Waals surface area (Å²) in [5, 5.41) is 11.2. The lowest BCUT2D eigenvalue weighted by molar-refractivity contribution is 0.792. The first-order valence-corrected chi connectivity index (χ1v) is 9.30. The van der Waals surface area contributed by atoms with Crippen molar-refractivity contribution >= 4 is 24.0 Å². The van der Waals surface area contributed by atoms with Crippen molar-refractivity contribution in [3.63, 3.8) is 0 Å². The second-order valence-corrected chi connectivity index (χ2v) is 7.88. The molecule has 0 atom stereocenters. The van der Waals surface area contributed by atoms with Crippen molar-refractivity contribution in [1.82, 2.24) is 0 Å². The number of hydrogen-bond donors (Lipinski definition) is 1. The van der Waals surface area contributed by atoms with Crippen LogP contribution < -0.4 is 10.6 Å². The monoisotopic (exact) mass is 321 g/mol. The van der Waals surface area contributed by atoms with E-state index in [1.165, 1.54) is 16.2 Å². The van der Waals surface area contributed by atoms with Crippen molar-refractivity contribution in [2.45, 2.75) is 20.8 Å². The van der Waals surface area contributed by atoms with E-state index in [-0.39, 0.29) is 0 Å². The molecule has 23 heavy (non-hydrogen) atoms. The zero-order valence-corrected chi connectivity index (χ0v) is 14.9. The van der Waals surface area contributed by atoms with E-state index in [0.29, 0.717) is 11.4 Å². The molecule has 1 N–H and O–H groups in total. The molecular formula is C21H24NP. The molecule has 0 saturated heterocycles. The lowest BCUT2D eigenvalue weighted by Crippen LogP contribution is -2.16. The van der Waals surface area contributed by atoms with Crippen molar-refractivity contribution < 1.29 is 0 Å². The molecule has 118 valence electrons. The van der Waals surface area contributed by atoms with E-state index in [0.717, 1.165) is 0 Å². The second kappa shape index (κ2) is 8.60. The molecule has 2 heteroatoms. The molecular weight excluding hydrogens is 297 g/mol. The fraction of sp³-hybridized carbons (Fsp3) is 0.190. The molecule has 0 saturated carbocycles. The SMILES string of the molecule is C/C=C\C(=C/C(=N)P(c1ccccc1)c1ccccc1)C(C)C. The largest absolute Gasteiger partial charge is 0.300 e. The summed E-state index contributed by atoms with van der Waals surface area (Å²) in [5.41, 5.74) is 1.90. The lowest BCUT2D eigenvalue weighted by atomic mass is 10.0. The number of rotatable bonds is 6. The highest BCUT2D eigenvalue weighted by molar-refractivity contribution is 7.88. The van der Waals surface area contributed by atoms with Crippen LogP contribution in [0.25, 0.3) is 0 Å². The Morgan fingerprint density at radius 3 is 1.78 bits per heavy atom. The van der Waals surface area contributed by atoms with Gasteiger partial charge in [0.05, 0.1) is 5.45 Å². The Labute approximate surface area is 141 Å². The molecule has 2 rings (SSSR count). The molecule has 1 nitrogen and oxygen atoms in total. The van der Waals surface area contributed by atoms with Gasteiger partial charge >= 0.3 is 0 Å². The minimum Gasteiger partial charge on any atom is -0.300 e. The van der Waals surface area contributed by atoms with Gasteiger partial charge in [0.2, 0.25) is 0 Å². The number of hydrogen-bond acceptors (Lipinski definition) is 1. The van der Waals surface area contributed by atoms with Gasteiger partial charge in [-0.05, 0) is 35.1 Å². The average Bonchev–Trinajstić information content (AvgIpc) is 2.56. The maximum atomic E-state index is 8.74. The fourth-order valence-corrected chi connectivity index (χ4v) is 4.48. The molecule has 0 aliphatic rings. The van der Waals surface area contributed by atoms with Gasteiger partial charge in [0, 0.05) is 7.92 Å². The first-order chi connectivity index (χ1) is 11.1. The Bertz CT molecular complexity index is 645. The molecule has 0 radical (unpaired) electrons. The van der Waals surface area contributed by atoms with Crippen LogP contribution in [0.1, 0.15) is 20.8 Å². The van der Waals surface area contributed by atoms with Gasteiger partial charge in [0.1, 0.15) is 0 Å². The molecule has 0 unspecified atom stereocenters. The molecule has 0 amide bonds. The van der Waals surface area contributed by atoms with E-state index in [1.54, 1.807) is 0 Å². The van der Waals surface area contributed by atoms with Crippen LogP contribution in [0, 0.1) is 11.3 Å². The molecule has 0 bridgehead atoms. The highest BCUT2D eigenvalue weighted by Gasteiger charge is 2.18. The molecule has 0 fully saturated rings. The summed E-state index contributed by atoms with van der Waals surface area (Å²) in [6, 6.07) is 20.8. The van der Waals surface area contributed by atoms with Gasteiger partial charge in [0.25, 0.3) is 0 Å². The maximum absolute atomic E-state index is 8.74. The minimum absolute atomic E-state index is 0.412. The zero-order valence-electron chi connectivity index (χ0n) is 14.0. The van der Waals surface area contributed by atoms with Gasteiger partial charge < -0.3 is 0 Å². The maximum Gasteiger partial charge on any atom is 0.0634 e. The molecule has 0 spiro atoms. The Hall–Kier alpha value is -1.98. The highest BCUT2D eigenvalue weighted by Crippen LogP contribution is 2.36. The van der Waals surface area contributed by atoms with E-state index in [9.17, 15) is 0 Å². The number of nitrogens with one attached hydrogen (secondary N) is 1. The van der Waals surface area contributed by atoms with Crippen LogP contribution in [0.5, 0.6) is 0 Å². The Kier molecular flexibility index (Phi) is 6.50. The van der Waals surface area contributed by atoms with Gasteiger partial charge in [-0.25, -0.2) is 0 Å². The topological polar surface area (TPSA) is 23.9 Å². The van der Waals surface area contributed by atoms with E-state index in [1.807, 2.05) is 25.1 Å². The van der Waals surface area contributed by atoms with E-state index in [2.05, 4.69) is 74.5 Å². The molecule has 2 aromatic carbocycles. The van der Waals surface area contributed by atoms with Gasteiger partial charge in [0.15, 0.2) is 0 Å². The Morgan fingerprint density at radius 1 is 0.913 bits per heavy atom. The molecule has 0 heterocycles. The lowest BCUT2D eigenvalue weighted by Gasteiger charge is -2.19.